The van der Waals surface area contributed by atoms with Gasteiger partial charge in [-0.3, -0.25) is 9.59 Å². The fraction of sp³-hybridized carbons (Fsp3) is 0.211. The summed E-state index contributed by atoms with van der Waals surface area (Å²) in [5.74, 6) is -2.49. The van der Waals surface area contributed by atoms with Crippen molar-refractivity contribution in [3.8, 4) is 0 Å². The van der Waals surface area contributed by atoms with Gasteiger partial charge in [0.2, 0.25) is 0 Å². The first kappa shape index (κ1) is 19.3. The van der Waals surface area contributed by atoms with Crippen LogP contribution in [-0.4, -0.2) is 53.8 Å². The van der Waals surface area contributed by atoms with Crippen molar-refractivity contribution in [2.24, 2.45) is 5.73 Å². The van der Waals surface area contributed by atoms with E-state index in [9.17, 15) is 23.2 Å². The second-order valence-corrected chi connectivity index (χ2v) is 6.28. The van der Waals surface area contributed by atoms with E-state index < -0.39 is 23.6 Å². The Labute approximate surface area is 159 Å². The number of carbonyl (C=O) groups is 3. The van der Waals surface area contributed by atoms with Crippen molar-refractivity contribution in [3.63, 3.8) is 0 Å². The normalized spacial score (nSPS) is 13.9. The van der Waals surface area contributed by atoms with Gasteiger partial charge in [-0.2, -0.15) is 0 Å². The van der Waals surface area contributed by atoms with Crippen molar-refractivity contribution in [1.29, 1.82) is 0 Å². The fourth-order valence-corrected chi connectivity index (χ4v) is 2.91. The number of urea groups is 1. The maximum absolute atomic E-state index is 13.5. The Morgan fingerprint density at radius 3 is 2.25 bits per heavy atom. The summed E-state index contributed by atoms with van der Waals surface area (Å²) in [5.41, 5.74) is 5.27. The highest BCUT2D eigenvalue weighted by molar-refractivity contribution is 5.96. The van der Waals surface area contributed by atoms with Gasteiger partial charge in [0.05, 0.1) is 5.56 Å². The van der Waals surface area contributed by atoms with Crippen molar-refractivity contribution < 1.29 is 23.2 Å². The molecule has 146 valence electrons. The topological polar surface area (TPSA) is 95.7 Å². The largest absolute Gasteiger partial charge is 0.366 e. The Kier molecular flexibility index (Phi) is 5.53. The average molecular weight is 388 g/mol. The average Bonchev–Trinajstić information content (AvgIpc) is 2.68. The van der Waals surface area contributed by atoms with E-state index in [-0.39, 0.29) is 35.8 Å². The summed E-state index contributed by atoms with van der Waals surface area (Å²) in [6.45, 7) is 1.13. The van der Waals surface area contributed by atoms with Crippen LogP contribution >= 0.6 is 0 Å². The molecule has 0 aliphatic carbocycles. The van der Waals surface area contributed by atoms with Gasteiger partial charge in [0.1, 0.15) is 11.6 Å². The van der Waals surface area contributed by atoms with E-state index in [0.717, 1.165) is 6.07 Å². The molecule has 1 fully saturated rings. The summed E-state index contributed by atoms with van der Waals surface area (Å²) in [6, 6.07) is 8.53. The minimum atomic E-state index is -0.932. The van der Waals surface area contributed by atoms with E-state index in [1.165, 1.54) is 41.3 Å². The number of nitrogens with two attached hydrogens (primary N) is 1. The van der Waals surface area contributed by atoms with Crippen LogP contribution in [0.15, 0.2) is 42.5 Å². The first-order chi connectivity index (χ1) is 13.3. The lowest BCUT2D eigenvalue weighted by molar-refractivity contribution is 0.0671. The molecule has 1 heterocycles. The number of hydrogen-bond donors (Lipinski definition) is 2. The van der Waals surface area contributed by atoms with Crippen LogP contribution in [0.4, 0.5) is 19.3 Å². The minimum absolute atomic E-state index is 0.235. The van der Waals surface area contributed by atoms with Crippen LogP contribution in [0.1, 0.15) is 20.7 Å². The number of nitrogens with zero attached hydrogens (tertiary/aromatic N) is 2. The van der Waals surface area contributed by atoms with Gasteiger partial charge in [0, 0.05) is 37.4 Å². The minimum Gasteiger partial charge on any atom is -0.366 e. The van der Waals surface area contributed by atoms with Gasteiger partial charge in [0.25, 0.3) is 11.8 Å². The maximum atomic E-state index is 13.5. The second kappa shape index (κ2) is 8.03. The molecule has 0 aromatic heterocycles. The van der Waals surface area contributed by atoms with E-state index in [0.29, 0.717) is 13.1 Å². The molecule has 3 rings (SSSR count). The molecule has 1 aliphatic heterocycles. The Bertz CT molecular complexity index is 927. The number of hydrogen-bond acceptors (Lipinski definition) is 3. The zero-order valence-corrected chi connectivity index (χ0v) is 14.8. The van der Waals surface area contributed by atoms with Crippen molar-refractivity contribution in [2.45, 2.75) is 0 Å². The van der Waals surface area contributed by atoms with Gasteiger partial charge in [0.15, 0.2) is 0 Å². The molecular weight excluding hydrogens is 370 g/mol. The molecule has 2 aromatic rings. The highest BCUT2D eigenvalue weighted by atomic mass is 19.1. The maximum Gasteiger partial charge on any atom is 0.321 e. The number of carbonyl (C=O) groups excluding carboxylic acids is 3. The molecule has 0 radical (unpaired) electrons. The van der Waals surface area contributed by atoms with Gasteiger partial charge in [-0.1, -0.05) is 6.07 Å². The Morgan fingerprint density at radius 1 is 0.929 bits per heavy atom. The van der Waals surface area contributed by atoms with Crippen LogP contribution in [0.3, 0.4) is 0 Å². The van der Waals surface area contributed by atoms with Crippen LogP contribution < -0.4 is 11.1 Å². The summed E-state index contributed by atoms with van der Waals surface area (Å²) < 4.78 is 26.8. The number of amides is 4. The molecule has 7 nitrogen and oxygen atoms in total. The molecule has 28 heavy (non-hydrogen) atoms. The molecule has 3 N–H and O–H groups in total. The van der Waals surface area contributed by atoms with Gasteiger partial charge >= 0.3 is 6.03 Å². The smallest absolute Gasteiger partial charge is 0.321 e. The SMILES string of the molecule is NC(=O)c1cc(NC(=O)N2CCN(C(=O)c3cccc(F)c3)CC2)ccc1F. The van der Waals surface area contributed by atoms with Crippen molar-refractivity contribution in [1.82, 2.24) is 9.80 Å². The molecule has 1 aliphatic rings. The number of primary amides is 1. The molecule has 0 bridgehead atoms. The lowest BCUT2D eigenvalue weighted by Crippen LogP contribution is -2.51. The molecule has 0 atom stereocenters. The monoisotopic (exact) mass is 388 g/mol. The highest BCUT2D eigenvalue weighted by Gasteiger charge is 2.25. The van der Waals surface area contributed by atoms with E-state index in [1.54, 1.807) is 4.90 Å². The van der Waals surface area contributed by atoms with E-state index in [2.05, 4.69) is 5.32 Å². The van der Waals surface area contributed by atoms with Crippen molar-refractivity contribution in [3.05, 3.63) is 65.2 Å². The first-order valence-electron chi connectivity index (χ1n) is 8.55. The van der Waals surface area contributed by atoms with Crippen LogP contribution in [-0.2, 0) is 0 Å². The molecule has 2 aromatic carbocycles. The third kappa shape index (κ3) is 4.25. The number of anilines is 1. The zero-order valence-electron chi connectivity index (χ0n) is 14.8. The van der Waals surface area contributed by atoms with E-state index in [4.69, 9.17) is 5.73 Å². The first-order valence-corrected chi connectivity index (χ1v) is 8.55. The Balaban J connectivity index is 1.59. The molecule has 0 unspecified atom stereocenters. The summed E-state index contributed by atoms with van der Waals surface area (Å²) >= 11 is 0. The molecular formula is C19H18F2N4O3. The van der Waals surface area contributed by atoms with Crippen LogP contribution in [0, 0.1) is 11.6 Å². The lowest BCUT2D eigenvalue weighted by atomic mass is 10.1. The lowest BCUT2D eigenvalue weighted by Gasteiger charge is -2.34. The van der Waals surface area contributed by atoms with E-state index >= 15 is 0 Å². The van der Waals surface area contributed by atoms with Crippen molar-refractivity contribution >= 4 is 23.5 Å². The number of piperazine rings is 1. The molecule has 4 amide bonds. The zero-order chi connectivity index (χ0) is 20.3. The Hall–Kier alpha value is -3.49. The second-order valence-electron chi connectivity index (χ2n) is 6.28. The van der Waals surface area contributed by atoms with Crippen LogP contribution in [0.2, 0.25) is 0 Å². The Morgan fingerprint density at radius 2 is 1.61 bits per heavy atom. The summed E-state index contributed by atoms with van der Waals surface area (Å²) in [4.78, 5) is 39.0. The molecule has 1 saturated heterocycles. The summed E-state index contributed by atoms with van der Waals surface area (Å²) in [5, 5.41) is 2.58. The van der Waals surface area contributed by atoms with Crippen molar-refractivity contribution in [2.75, 3.05) is 31.5 Å². The standard InChI is InChI=1S/C19H18F2N4O3/c20-13-3-1-2-12(10-13)18(27)24-6-8-25(9-7-24)19(28)23-14-4-5-16(21)15(11-14)17(22)26/h1-5,10-11H,6-9H2,(H2,22,26)(H,23,28). The highest BCUT2D eigenvalue weighted by Crippen LogP contribution is 2.16. The number of halogens is 2. The van der Waals surface area contributed by atoms with Gasteiger partial charge in [-0.05, 0) is 36.4 Å². The summed E-state index contributed by atoms with van der Waals surface area (Å²) in [6.07, 6.45) is 0. The molecule has 0 spiro atoms. The number of nitrogens with one attached hydrogen (secondary N) is 1. The predicted molar refractivity (Wildman–Crippen MR) is 97.8 cm³/mol. The van der Waals surface area contributed by atoms with Gasteiger partial charge in [-0.15, -0.1) is 0 Å². The molecule has 9 heteroatoms. The molecule has 0 saturated carbocycles. The number of rotatable bonds is 3. The van der Waals surface area contributed by atoms with Gasteiger partial charge in [-0.25, -0.2) is 13.6 Å². The quantitative estimate of drug-likeness (QED) is 0.842. The van der Waals surface area contributed by atoms with Crippen LogP contribution in [0.25, 0.3) is 0 Å². The van der Waals surface area contributed by atoms with E-state index in [1.807, 2.05) is 0 Å². The van der Waals surface area contributed by atoms with Crippen LogP contribution in [0.5, 0.6) is 0 Å². The predicted octanol–water partition coefficient (Wildman–Crippen LogP) is 2.05. The van der Waals surface area contributed by atoms with Gasteiger partial charge < -0.3 is 20.9 Å². The third-order valence-electron chi connectivity index (χ3n) is 4.41. The summed E-state index contributed by atoms with van der Waals surface area (Å²) in [7, 11) is 0. The third-order valence-corrected chi connectivity index (χ3v) is 4.41. The fourth-order valence-electron chi connectivity index (χ4n) is 2.91. The number of benzene rings is 2.